The van der Waals surface area contributed by atoms with Gasteiger partial charge < -0.3 is 0 Å². The maximum atomic E-state index is 10.4. The van der Waals surface area contributed by atoms with Gasteiger partial charge in [0, 0.05) is 0 Å². The van der Waals surface area contributed by atoms with Crippen LogP contribution in [0.15, 0.2) is 12.2 Å². The average molecular weight is 276 g/mol. The number of unbranched alkanes of at least 4 members (excludes halogenated alkanes) is 9. The Morgan fingerprint density at radius 1 is 0.833 bits per heavy atom. The maximum absolute atomic E-state index is 10.4. The van der Waals surface area contributed by atoms with Crippen LogP contribution in [-0.4, -0.2) is 18.7 Å². The minimum Gasteiger partial charge on any atom is -0.285 e. The molecular weight excluding hydrogens is 248 g/mol. The molecule has 0 heterocycles. The van der Waals surface area contributed by atoms with E-state index in [0.29, 0.717) is 0 Å². The lowest BCUT2D eigenvalue weighted by molar-refractivity contribution is 0.486. The van der Waals surface area contributed by atoms with Crippen molar-refractivity contribution in [3.05, 3.63) is 12.2 Å². The van der Waals surface area contributed by atoms with Crippen molar-refractivity contribution in [2.45, 2.75) is 71.1 Å². The molecule has 0 aromatic heterocycles. The number of hydrogen-bond donors (Lipinski definition) is 1. The van der Waals surface area contributed by atoms with Gasteiger partial charge >= 0.3 is 0 Å². The fourth-order valence-electron chi connectivity index (χ4n) is 1.88. The summed E-state index contributed by atoms with van der Waals surface area (Å²) in [7, 11) is -3.82. The maximum Gasteiger partial charge on any atom is 0.268 e. The highest BCUT2D eigenvalue weighted by molar-refractivity contribution is 7.85. The highest BCUT2D eigenvalue weighted by Crippen LogP contribution is 2.10. The Morgan fingerprint density at radius 3 is 1.83 bits per heavy atom. The van der Waals surface area contributed by atoms with E-state index < -0.39 is 10.1 Å². The predicted molar refractivity (Wildman–Crippen MR) is 77.4 cm³/mol. The summed E-state index contributed by atoms with van der Waals surface area (Å²) in [4.78, 5) is 0. The number of hydrogen-bond acceptors (Lipinski definition) is 2. The van der Waals surface area contributed by atoms with Crippen molar-refractivity contribution >= 4 is 10.1 Å². The summed E-state index contributed by atoms with van der Waals surface area (Å²) < 4.78 is 29.3. The molecule has 0 spiro atoms. The third-order valence-electron chi connectivity index (χ3n) is 2.95. The Bertz CT molecular complexity index is 294. The molecule has 0 saturated heterocycles. The van der Waals surface area contributed by atoms with Gasteiger partial charge in [0.1, 0.15) is 0 Å². The lowest BCUT2D eigenvalue weighted by Gasteiger charge is -2.00. The lowest BCUT2D eigenvalue weighted by Crippen LogP contribution is -1.99. The summed E-state index contributed by atoms with van der Waals surface area (Å²) in [6, 6.07) is 0. The van der Waals surface area contributed by atoms with Gasteiger partial charge in [0.2, 0.25) is 0 Å². The van der Waals surface area contributed by atoms with Gasteiger partial charge in [-0.15, -0.1) is 0 Å². The summed E-state index contributed by atoms with van der Waals surface area (Å²) in [5.74, 6) is -0.259. The van der Waals surface area contributed by atoms with E-state index in [0.717, 1.165) is 12.8 Å². The number of allylic oxidation sites excluding steroid dienone is 1. The zero-order valence-corrected chi connectivity index (χ0v) is 12.4. The molecule has 4 heteroatoms. The zero-order valence-electron chi connectivity index (χ0n) is 11.6. The molecule has 0 bridgehead atoms. The summed E-state index contributed by atoms with van der Waals surface area (Å²) in [5, 5.41) is 0. The van der Waals surface area contributed by atoms with Crippen LogP contribution in [0.25, 0.3) is 0 Å². The SMILES string of the molecule is CCCCCCCCCCCC=CCS(=O)(=O)O. The van der Waals surface area contributed by atoms with Crippen LogP contribution in [0.5, 0.6) is 0 Å². The second-order valence-electron chi connectivity index (χ2n) is 4.84. The highest BCUT2D eigenvalue weighted by atomic mass is 32.2. The second kappa shape index (κ2) is 11.7. The molecule has 0 atom stereocenters. The Hall–Kier alpha value is -0.350. The Labute approximate surface area is 112 Å². The Kier molecular flexibility index (Phi) is 11.5. The molecule has 0 aliphatic heterocycles. The molecular formula is C14H28O3S. The van der Waals surface area contributed by atoms with Crippen LogP contribution in [0.3, 0.4) is 0 Å². The van der Waals surface area contributed by atoms with E-state index in [9.17, 15) is 8.42 Å². The van der Waals surface area contributed by atoms with Crippen LogP contribution in [0, 0.1) is 0 Å². The molecule has 0 radical (unpaired) electrons. The van der Waals surface area contributed by atoms with E-state index in [1.807, 2.05) is 6.08 Å². The van der Waals surface area contributed by atoms with Crippen LogP contribution in [0.4, 0.5) is 0 Å². The first-order valence-corrected chi connectivity index (χ1v) is 8.77. The van der Waals surface area contributed by atoms with Gasteiger partial charge in [-0.2, -0.15) is 8.42 Å². The zero-order chi connectivity index (χ0) is 13.7. The summed E-state index contributed by atoms with van der Waals surface area (Å²) in [5.41, 5.74) is 0. The monoisotopic (exact) mass is 276 g/mol. The van der Waals surface area contributed by atoms with E-state index in [4.69, 9.17) is 4.55 Å². The van der Waals surface area contributed by atoms with E-state index in [1.54, 1.807) is 0 Å². The number of rotatable bonds is 12. The topological polar surface area (TPSA) is 54.4 Å². The fraction of sp³-hybridized carbons (Fsp3) is 0.857. The predicted octanol–water partition coefficient (Wildman–Crippen LogP) is 4.35. The third kappa shape index (κ3) is 15.6. The van der Waals surface area contributed by atoms with Crippen LogP contribution < -0.4 is 0 Å². The van der Waals surface area contributed by atoms with Gasteiger partial charge in [-0.1, -0.05) is 70.4 Å². The first-order valence-electron chi connectivity index (χ1n) is 7.16. The van der Waals surface area contributed by atoms with Crippen molar-refractivity contribution in [2.24, 2.45) is 0 Å². The molecule has 0 fully saturated rings. The molecule has 0 saturated carbocycles. The molecule has 0 aromatic carbocycles. The van der Waals surface area contributed by atoms with Crippen LogP contribution in [0.2, 0.25) is 0 Å². The molecule has 18 heavy (non-hydrogen) atoms. The van der Waals surface area contributed by atoms with E-state index >= 15 is 0 Å². The molecule has 0 aliphatic rings. The molecule has 3 nitrogen and oxygen atoms in total. The first kappa shape index (κ1) is 17.6. The van der Waals surface area contributed by atoms with E-state index in [-0.39, 0.29) is 5.75 Å². The average Bonchev–Trinajstić information content (AvgIpc) is 2.29. The van der Waals surface area contributed by atoms with Gasteiger partial charge in [0.15, 0.2) is 0 Å². The molecule has 0 aliphatic carbocycles. The minimum absolute atomic E-state index is 0.259. The van der Waals surface area contributed by atoms with Crippen LogP contribution >= 0.6 is 0 Å². The Morgan fingerprint density at radius 2 is 1.33 bits per heavy atom. The molecule has 0 unspecified atom stereocenters. The van der Waals surface area contributed by atoms with Crippen molar-refractivity contribution in [2.75, 3.05) is 5.75 Å². The second-order valence-corrected chi connectivity index (χ2v) is 6.33. The molecule has 1 N–H and O–H groups in total. The Balaban J connectivity index is 3.16. The van der Waals surface area contributed by atoms with E-state index in [2.05, 4.69) is 6.92 Å². The van der Waals surface area contributed by atoms with Crippen molar-refractivity contribution in [1.29, 1.82) is 0 Å². The first-order chi connectivity index (χ1) is 8.56. The van der Waals surface area contributed by atoms with Crippen molar-refractivity contribution in [3.8, 4) is 0 Å². The smallest absolute Gasteiger partial charge is 0.268 e. The van der Waals surface area contributed by atoms with Crippen molar-refractivity contribution in [3.63, 3.8) is 0 Å². The standard InChI is InChI=1S/C14H28O3S/c1-2-3-4-5-6-7-8-9-10-11-12-13-14-18(15,16)17/h12-13H,2-11,14H2,1H3,(H,15,16,17). The van der Waals surface area contributed by atoms with Crippen LogP contribution in [0.1, 0.15) is 71.1 Å². The van der Waals surface area contributed by atoms with Crippen LogP contribution in [-0.2, 0) is 10.1 Å². The van der Waals surface area contributed by atoms with Gasteiger partial charge in [0.05, 0.1) is 5.75 Å². The van der Waals surface area contributed by atoms with Crippen molar-refractivity contribution in [1.82, 2.24) is 0 Å². The molecule has 0 amide bonds. The van der Waals surface area contributed by atoms with Gasteiger partial charge in [-0.25, -0.2) is 0 Å². The van der Waals surface area contributed by atoms with Gasteiger partial charge in [0.25, 0.3) is 10.1 Å². The van der Waals surface area contributed by atoms with E-state index in [1.165, 1.54) is 57.4 Å². The minimum atomic E-state index is -3.82. The molecule has 0 rings (SSSR count). The molecule has 0 aromatic rings. The lowest BCUT2D eigenvalue weighted by atomic mass is 10.1. The van der Waals surface area contributed by atoms with Crippen molar-refractivity contribution < 1.29 is 13.0 Å². The summed E-state index contributed by atoms with van der Waals surface area (Å²) >= 11 is 0. The summed E-state index contributed by atoms with van der Waals surface area (Å²) in [6.07, 6.45) is 15.9. The highest BCUT2D eigenvalue weighted by Gasteiger charge is 1.98. The van der Waals surface area contributed by atoms with Gasteiger partial charge in [-0.05, 0) is 12.8 Å². The fourth-order valence-corrected chi connectivity index (χ4v) is 2.26. The largest absolute Gasteiger partial charge is 0.285 e. The summed E-state index contributed by atoms with van der Waals surface area (Å²) in [6.45, 7) is 2.23. The van der Waals surface area contributed by atoms with Gasteiger partial charge in [-0.3, -0.25) is 4.55 Å². The quantitative estimate of drug-likeness (QED) is 0.327. The third-order valence-corrected chi connectivity index (χ3v) is 3.56. The normalized spacial score (nSPS) is 12.3. The molecule has 108 valence electrons.